The monoisotopic (exact) mass is 209 g/mol. The van der Waals surface area contributed by atoms with Crippen LogP contribution in [0.25, 0.3) is 0 Å². The Kier molecular flexibility index (Phi) is 5.15. The molecule has 3 heteroatoms. The number of para-hydroxylation sites is 1. The van der Waals surface area contributed by atoms with Crippen molar-refractivity contribution < 1.29 is 9.84 Å². The number of hydrogen-bond donors (Lipinski definition) is 2. The van der Waals surface area contributed by atoms with Crippen LogP contribution in [0.4, 0.5) is 0 Å². The van der Waals surface area contributed by atoms with E-state index >= 15 is 0 Å². The number of rotatable bonds is 6. The van der Waals surface area contributed by atoms with E-state index in [1.165, 1.54) is 0 Å². The maximum absolute atomic E-state index is 9.94. The average molecular weight is 209 g/mol. The third kappa shape index (κ3) is 3.53. The van der Waals surface area contributed by atoms with Crippen LogP contribution in [0.5, 0.6) is 5.75 Å². The van der Waals surface area contributed by atoms with Crippen LogP contribution in [-0.2, 0) is 0 Å². The smallest absolute Gasteiger partial charge is 0.124 e. The highest BCUT2D eigenvalue weighted by Gasteiger charge is 2.11. The van der Waals surface area contributed by atoms with Crippen molar-refractivity contribution in [2.24, 2.45) is 5.73 Å². The largest absolute Gasteiger partial charge is 0.496 e. The van der Waals surface area contributed by atoms with Crippen LogP contribution in [0.3, 0.4) is 0 Å². The minimum atomic E-state index is -0.451. The summed E-state index contributed by atoms with van der Waals surface area (Å²) in [6, 6.07) is 7.56. The number of methoxy groups -OCH3 is 1. The predicted octanol–water partition coefficient (Wildman–Crippen LogP) is 1.86. The van der Waals surface area contributed by atoms with Crippen LogP contribution in [0, 0.1) is 0 Å². The van der Waals surface area contributed by atoms with Crippen LogP contribution in [0.1, 0.15) is 30.9 Å². The molecular formula is C12H19NO2. The first-order valence-corrected chi connectivity index (χ1v) is 5.30. The van der Waals surface area contributed by atoms with Crippen molar-refractivity contribution in [2.75, 3.05) is 13.7 Å². The Morgan fingerprint density at radius 1 is 1.33 bits per heavy atom. The molecule has 0 aromatic heterocycles. The second-order valence-corrected chi connectivity index (χ2v) is 3.54. The molecule has 1 unspecified atom stereocenters. The van der Waals surface area contributed by atoms with E-state index in [0.717, 1.165) is 30.6 Å². The Labute approximate surface area is 90.9 Å². The standard InChI is InChI=1S/C12H19NO2/c1-15-12-8-3-2-6-10(12)11(14)7-4-5-9-13/h2-3,6,8,11,14H,4-5,7,9,13H2,1H3. The van der Waals surface area contributed by atoms with Crippen molar-refractivity contribution >= 4 is 0 Å². The Morgan fingerprint density at radius 3 is 2.73 bits per heavy atom. The molecule has 1 atom stereocenters. The van der Waals surface area contributed by atoms with Gasteiger partial charge in [-0.3, -0.25) is 0 Å². The lowest BCUT2D eigenvalue weighted by Crippen LogP contribution is -2.03. The molecule has 0 heterocycles. The van der Waals surface area contributed by atoms with Gasteiger partial charge in [-0.2, -0.15) is 0 Å². The van der Waals surface area contributed by atoms with Gasteiger partial charge in [-0.1, -0.05) is 18.2 Å². The molecule has 0 radical (unpaired) electrons. The summed E-state index contributed by atoms with van der Waals surface area (Å²) in [5, 5.41) is 9.94. The van der Waals surface area contributed by atoms with Crippen LogP contribution >= 0.6 is 0 Å². The molecule has 0 saturated heterocycles. The zero-order valence-corrected chi connectivity index (χ0v) is 9.15. The number of benzene rings is 1. The van der Waals surface area contributed by atoms with E-state index in [2.05, 4.69) is 0 Å². The second-order valence-electron chi connectivity index (χ2n) is 3.54. The second kappa shape index (κ2) is 6.43. The molecule has 0 amide bonds. The third-order valence-electron chi connectivity index (χ3n) is 2.43. The van der Waals surface area contributed by atoms with Gasteiger partial charge in [-0.05, 0) is 31.9 Å². The Hall–Kier alpha value is -1.06. The highest BCUT2D eigenvalue weighted by Crippen LogP contribution is 2.27. The van der Waals surface area contributed by atoms with Crippen LogP contribution in [0.2, 0.25) is 0 Å². The molecule has 1 aromatic carbocycles. The fraction of sp³-hybridized carbons (Fsp3) is 0.500. The van der Waals surface area contributed by atoms with E-state index in [4.69, 9.17) is 10.5 Å². The molecule has 1 rings (SSSR count). The topological polar surface area (TPSA) is 55.5 Å². The molecule has 0 aliphatic heterocycles. The van der Waals surface area contributed by atoms with Gasteiger partial charge in [0, 0.05) is 5.56 Å². The lowest BCUT2D eigenvalue weighted by atomic mass is 10.0. The van der Waals surface area contributed by atoms with Gasteiger partial charge in [0.1, 0.15) is 5.75 Å². The molecule has 1 aromatic rings. The molecule has 15 heavy (non-hydrogen) atoms. The van der Waals surface area contributed by atoms with Gasteiger partial charge in [0.05, 0.1) is 13.2 Å². The fourth-order valence-electron chi connectivity index (χ4n) is 1.58. The summed E-state index contributed by atoms with van der Waals surface area (Å²) in [7, 11) is 1.62. The number of hydrogen-bond acceptors (Lipinski definition) is 3. The van der Waals surface area contributed by atoms with E-state index in [9.17, 15) is 5.11 Å². The van der Waals surface area contributed by atoms with Crippen LogP contribution in [0.15, 0.2) is 24.3 Å². The molecule has 0 bridgehead atoms. The predicted molar refractivity (Wildman–Crippen MR) is 60.9 cm³/mol. The van der Waals surface area contributed by atoms with E-state index in [-0.39, 0.29) is 0 Å². The summed E-state index contributed by atoms with van der Waals surface area (Å²) in [5.41, 5.74) is 6.26. The van der Waals surface area contributed by atoms with Crippen molar-refractivity contribution in [2.45, 2.75) is 25.4 Å². The zero-order valence-electron chi connectivity index (χ0n) is 9.15. The van der Waals surface area contributed by atoms with Gasteiger partial charge < -0.3 is 15.6 Å². The molecule has 84 valence electrons. The summed E-state index contributed by atoms with van der Waals surface area (Å²) in [6.45, 7) is 0.679. The summed E-state index contributed by atoms with van der Waals surface area (Å²) < 4.78 is 5.19. The van der Waals surface area contributed by atoms with Crippen molar-refractivity contribution in [3.63, 3.8) is 0 Å². The van der Waals surface area contributed by atoms with Crippen LogP contribution in [-0.4, -0.2) is 18.8 Å². The number of unbranched alkanes of at least 4 members (excludes halogenated alkanes) is 1. The average Bonchev–Trinajstić information content (AvgIpc) is 2.29. The minimum Gasteiger partial charge on any atom is -0.496 e. The summed E-state index contributed by atoms with van der Waals surface area (Å²) >= 11 is 0. The SMILES string of the molecule is COc1ccccc1C(O)CCCCN. The maximum atomic E-state index is 9.94. The first-order chi connectivity index (χ1) is 7.29. The zero-order chi connectivity index (χ0) is 11.1. The van der Waals surface area contributed by atoms with Gasteiger partial charge in [0.25, 0.3) is 0 Å². The van der Waals surface area contributed by atoms with E-state index in [1.54, 1.807) is 7.11 Å². The highest BCUT2D eigenvalue weighted by atomic mass is 16.5. The quantitative estimate of drug-likeness (QED) is 0.703. The first-order valence-electron chi connectivity index (χ1n) is 5.30. The van der Waals surface area contributed by atoms with Crippen molar-refractivity contribution in [1.29, 1.82) is 0 Å². The van der Waals surface area contributed by atoms with Crippen molar-refractivity contribution in [3.05, 3.63) is 29.8 Å². The van der Waals surface area contributed by atoms with Gasteiger partial charge in [-0.25, -0.2) is 0 Å². The molecule has 0 saturated carbocycles. The van der Waals surface area contributed by atoms with Gasteiger partial charge >= 0.3 is 0 Å². The molecule has 3 nitrogen and oxygen atoms in total. The van der Waals surface area contributed by atoms with Gasteiger partial charge in [0.2, 0.25) is 0 Å². The van der Waals surface area contributed by atoms with E-state index < -0.39 is 6.10 Å². The summed E-state index contributed by atoms with van der Waals surface area (Å²) in [4.78, 5) is 0. The van der Waals surface area contributed by atoms with E-state index in [1.807, 2.05) is 24.3 Å². The van der Waals surface area contributed by atoms with E-state index in [0.29, 0.717) is 6.54 Å². The number of ether oxygens (including phenoxy) is 1. The Bertz CT molecular complexity index is 289. The molecular weight excluding hydrogens is 190 g/mol. The molecule has 0 fully saturated rings. The lowest BCUT2D eigenvalue weighted by molar-refractivity contribution is 0.160. The normalized spacial score (nSPS) is 12.5. The summed E-state index contributed by atoms with van der Waals surface area (Å²) in [6.07, 6.45) is 2.17. The fourth-order valence-corrected chi connectivity index (χ4v) is 1.58. The summed E-state index contributed by atoms with van der Waals surface area (Å²) in [5.74, 6) is 0.748. The first kappa shape index (κ1) is 12.0. The highest BCUT2D eigenvalue weighted by molar-refractivity contribution is 5.34. The molecule has 3 N–H and O–H groups in total. The van der Waals surface area contributed by atoms with Crippen molar-refractivity contribution in [1.82, 2.24) is 0 Å². The third-order valence-corrected chi connectivity index (χ3v) is 2.43. The molecule has 0 spiro atoms. The Morgan fingerprint density at radius 2 is 2.07 bits per heavy atom. The minimum absolute atomic E-state index is 0.451. The Balaban J connectivity index is 2.59. The van der Waals surface area contributed by atoms with Gasteiger partial charge in [-0.15, -0.1) is 0 Å². The molecule has 0 aliphatic carbocycles. The lowest BCUT2D eigenvalue weighted by Gasteiger charge is -2.14. The van der Waals surface area contributed by atoms with Crippen LogP contribution < -0.4 is 10.5 Å². The number of aliphatic hydroxyl groups is 1. The van der Waals surface area contributed by atoms with Gasteiger partial charge in [0.15, 0.2) is 0 Å². The number of nitrogens with two attached hydrogens (primary N) is 1. The number of aliphatic hydroxyl groups excluding tert-OH is 1. The molecule has 0 aliphatic rings. The maximum Gasteiger partial charge on any atom is 0.124 e. The van der Waals surface area contributed by atoms with Crippen molar-refractivity contribution in [3.8, 4) is 5.75 Å².